The number of piperidine rings is 1. The van der Waals surface area contributed by atoms with Gasteiger partial charge in [-0.3, -0.25) is 9.59 Å². The SMILES string of the molecule is CCC1CCCCN1C(=O)C1(C(=O)NCc2ccc(C)cc2)CC1. The lowest BCUT2D eigenvalue weighted by Crippen LogP contribution is -2.50. The number of nitrogens with one attached hydrogen (secondary N) is 1. The number of carbonyl (C=O) groups excluding carboxylic acids is 2. The average Bonchev–Trinajstić information content (AvgIpc) is 3.42. The molecule has 1 saturated carbocycles. The molecular formula is C20H28N2O2. The van der Waals surface area contributed by atoms with Crippen LogP contribution in [0.5, 0.6) is 0 Å². The van der Waals surface area contributed by atoms with Crippen molar-refractivity contribution in [3.63, 3.8) is 0 Å². The van der Waals surface area contributed by atoms with Gasteiger partial charge in [-0.05, 0) is 51.0 Å². The normalized spacial score (nSPS) is 22.1. The maximum absolute atomic E-state index is 13.0. The Morgan fingerprint density at radius 1 is 1.21 bits per heavy atom. The summed E-state index contributed by atoms with van der Waals surface area (Å²) in [6, 6.07) is 8.44. The maximum Gasteiger partial charge on any atom is 0.238 e. The molecule has 1 unspecified atom stereocenters. The number of carbonyl (C=O) groups is 2. The van der Waals surface area contributed by atoms with Crippen molar-refractivity contribution in [3.8, 4) is 0 Å². The van der Waals surface area contributed by atoms with E-state index in [4.69, 9.17) is 0 Å². The number of hydrogen-bond acceptors (Lipinski definition) is 2. The predicted octanol–water partition coefficient (Wildman–Crippen LogP) is 3.18. The van der Waals surface area contributed by atoms with Crippen LogP contribution in [0.1, 0.15) is 56.6 Å². The largest absolute Gasteiger partial charge is 0.351 e. The second kappa shape index (κ2) is 6.96. The van der Waals surface area contributed by atoms with Gasteiger partial charge in [-0.1, -0.05) is 36.8 Å². The predicted molar refractivity (Wildman–Crippen MR) is 94.3 cm³/mol. The molecule has 3 rings (SSSR count). The molecule has 1 atom stereocenters. The summed E-state index contributed by atoms with van der Waals surface area (Å²) in [5, 5.41) is 2.99. The molecule has 24 heavy (non-hydrogen) atoms. The lowest BCUT2D eigenvalue weighted by Gasteiger charge is -2.37. The van der Waals surface area contributed by atoms with Crippen molar-refractivity contribution >= 4 is 11.8 Å². The Bertz CT molecular complexity index is 605. The lowest BCUT2D eigenvalue weighted by molar-refractivity contribution is -0.147. The highest BCUT2D eigenvalue weighted by atomic mass is 16.2. The van der Waals surface area contributed by atoms with Gasteiger partial charge in [-0.2, -0.15) is 0 Å². The van der Waals surface area contributed by atoms with Gasteiger partial charge in [0.1, 0.15) is 5.41 Å². The first kappa shape index (κ1) is 17.0. The molecule has 1 N–H and O–H groups in total. The van der Waals surface area contributed by atoms with E-state index >= 15 is 0 Å². The third-order valence-corrected chi connectivity index (χ3v) is 5.53. The Labute approximate surface area is 144 Å². The summed E-state index contributed by atoms with van der Waals surface area (Å²) in [6.45, 7) is 5.48. The second-order valence-corrected chi connectivity index (χ2v) is 7.31. The van der Waals surface area contributed by atoms with E-state index in [-0.39, 0.29) is 11.8 Å². The van der Waals surface area contributed by atoms with Gasteiger partial charge in [-0.25, -0.2) is 0 Å². The lowest BCUT2D eigenvalue weighted by atomic mass is 9.95. The van der Waals surface area contributed by atoms with Crippen LogP contribution < -0.4 is 5.32 Å². The molecule has 4 heteroatoms. The quantitative estimate of drug-likeness (QED) is 0.844. The average molecular weight is 328 g/mol. The number of hydrogen-bond donors (Lipinski definition) is 1. The van der Waals surface area contributed by atoms with Crippen LogP contribution in [0.2, 0.25) is 0 Å². The molecule has 1 saturated heterocycles. The van der Waals surface area contributed by atoms with Crippen LogP contribution in [0.3, 0.4) is 0 Å². The summed E-state index contributed by atoms with van der Waals surface area (Å²) in [5.74, 6) is -0.0241. The molecule has 2 fully saturated rings. The van der Waals surface area contributed by atoms with Crippen molar-refractivity contribution < 1.29 is 9.59 Å². The fraction of sp³-hybridized carbons (Fsp3) is 0.600. The number of aryl methyl sites for hydroxylation is 1. The molecule has 0 radical (unpaired) electrons. The fourth-order valence-corrected chi connectivity index (χ4v) is 3.69. The summed E-state index contributed by atoms with van der Waals surface area (Å²) < 4.78 is 0. The first-order chi connectivity index (χ1) is 11.6. The zero-order valence-electron chi connectivity index (χ0n) is 14.8. The van der Waals surface area contributed by atoms with E-state index in [1.165, 1.54) is 12.0 Å². The summed E-state index contributed by atoms with van der Waals surface area (Å²) in [7, 11) is 0. The monoisotopic (exact) mass is 328 g/mol. The zero-order chi connectivity index (χ0) is 17.2. The van der Waals surface area contributed by atoms with E-state index in [0.717, 1.165) is 31.4 Å². The van der Waals surface area contributed by atoms with Crippen molar-refractivity contribution in [1.82, 2.24) is 10.2 Å². The number of benzene rings is 1. The topological polar surface area (TPSA) is 49.4 Å². The van der Waals surface area contributed by atoms with Gasteiger partial charge in [0.05, 0.1) is 0 Å². The van der Waals surface area contributed by atoms with Crippen LogP contribution in [-0.2, 0) is 16.1 Å². The van der Waals surface area contributed by atoms with Gasteiger partial charge < -0.3 is 10.2 Å². The van der Waals surface area contributed by atoms with Crippen molar-refractivity contribution in [3.05, 3.63) is 35.4 Å². The molecule has 2 aliphatic rings. The molecule has 1 aromatic carbocycles. The molecule has 1 aromatic rings. The van der Waals surface area contributed by atoms with Crippen LogP contribution >= 0.6 is 0 Å². The third kappa shape index (κ3) is 3.33. The minimum atomic E-state index is -0.782. The van der Waals surface area contributed by atoms with E-state index in [2.05, 4.69) is 12.2 Å². The number of amides is 2. The van der Waals surface area contributed by atoms with Gasteiger partial charge in [-0.15, -0.1) is 0 Å². The second-order valence-electron chi connectivity index (χ2n) is 7.31. The van der Waals surface area contributed by atoms with E-state index in [0.29, 0.717) is 25.4 Å². The minimum absolute atomic E-state index is 0.0652. The van der Waals surface area contributed by atoms with E-state index in [9.17, 15) is 9.59 Å². The summed E-state index contributed by atoms with van der Waals surface area (Å²) >= 11 is 0. The Hall–Kier alpha value is -1.84. The summed E-state index contributed by atoms with van der Waals surface area (Å²) in [6.07, 6.45) is 5.69. The number of rotatable bonds is 5. The first-order valence-corrected chi connectivity index (χ1v) is 9.22. The summed E-state index contributed by atoms with van der Waals surface area (Å²) in [5.41, 5.74) is 1.49. The Morgan fingerprint density at radius 3 is 2.54 bits per heavy atom. The highest BCUT2D eigenvalue weighted by Crippen LogP contribution is 2.48. The molecule has 0 aromatic heterocycles. The molecular weight excluding hydrogens is 300 g/mol. The highest BCUT2D eigenvalue weighted by molar-refractivity contribution is 6.08. The summed E-state index contributed by atoms with van der Waals surface area (Å²) in [4.78, 5) is 27.7. The molecule has 2 amide bonds. The van der Waals surface area contributed by atoms with Crippen LogP contribution in [-0.4, -0.2) is 29.3 Å². The van der Waals surface area contributed by atoms with E-state index in [1.54, 1.807) is 0 Å². The molecule has 1 aliphatic heterocycles. The van der Waals surface area contributed by atoms with Crippen LogP contribution in [0, 0.1) is 12.3 Å². The number of nitrogens with zero attached hydrogens (tertiary/aromatic N) is 1. The van der Waals surface area contributed by atoms with Crippen LogP contribution in [0.15, 0.2) is 24.3 Å². The van der Waals surface area contributed by atoms with E-state index < -0.39 is 5.41 Å². The molecule has 1 heterocycles. The van der Waals surface area contributed by atoms with Crippen LogP contribution in [0.25, 0.3) is 0 Å². The van der Waals surface area contributed by atoms with Gasteiger partial charge in [0.15, 0.2) is 0 Å². The van der Waals surface area contributed by atoms with Gasteiger partial charge in [0.2, 0.25) is 11.8 Å². The van der Waals surface area contributed by atoms with Crippen molar-refractivity contribution in [2.45, 2.75) is 65.0 Å². The van der Waals surface area contributed by atoms with Crippen LogP contribution in [0.4, 0.5) is 0 Å². The molecule has 130 valence electrons. The Morgan fingerprint density at radius 2 is 1.92 bits per heavy atom. The van der Waals surface area contributed by atoms with Gasteiger partial charge in [0.25, 0.3) is 0 Å². The molecule has 1 aliphatic carbocycles. The Balaban J connectivity index is 1.63. The first-order valence-electron chi connectivity index (χ1n) is 9.22. The smallest absolute Gasteiger partial charge is 0.238 e. The minimum Gasteiger partial charge on any atom is -0.351 e. The standard InChI is InChI=1S/C20H28N2O2/c1-3-17-6-4-5-13-22(17)19(24)20(11-12-20)18(23)21-14-16-9-7-15(2)8-10-16/h7-10,17H,3-6,11-14H2,1-2H3,(H,21,23). The van der Waals surface area contributed by atoms with Crippen molar-refractivity contribution in [1.29, 1.82) is 0 Å². The van der Waals surface area contributed by atoms with Crippen molar-refractivity contribution in [2.24, 2.45) is 5.41 Å². The Kier molecular flexibility index (Phi) is 4.93. The highest BCUT2D eigenvalue weighted by Gasteiger charge is 2.58. The molecule has 4 nitrogen and oxygen atoms in total. The maximum atomic E-state index is 13.0. The molecule has 0 bridgehead atoms. The van der Waals surface area contributed by atoms with Crippen molar-refractivity contribution in [2.75, 3.05) is 6.54 Å². The van der Waals surface area contributed by atoms with E-state index in [1.807, 2.05) is 36.1 Å². The van der Waals surface area contributed by atoms with Gasteiger partial charge >= 0.3 is 0 Å². The molecule has 0 spiro atoms. The zero-order valence-corrected chi connectivity index (χ0v) is 14.8. The van der Waals surface area contributed by atoms with Gasteiger partial charge in [0, 0.05) is 19.1 Å². The fourth-order valence-electron chi connectivity index (χ4n) is 3.69. The number of likely N-dealkylation sites (tertiary alicyclic amines) is 1. The third-order valence-electron chi connectivity index (χ3n) is 5.53.